The van der Waals surface area contributed by atoms with E-state index < -0.39 is 17.1 Å². The molecule has 6 nitrogen and oxygen atoms in total. The van der Waals surface area contributed by atoms with Crippen LogP contribution in [0.15, 0.2) is 0 Å². The van der Waals surface area contributed by atoms with E-state index in [1.165, 1.54) is 39.5 Å². The Kier molecular flexibility index (Phi) is 7.10. The maximum Gasteiger partial charge on any atom is 0.302 e. The van der Waals surface area contributed by atoms with Crippen LogP contribution in [0.4, 0.5) is 0 Å². The molecule has 4 saturated carbocycles. The molecule has 0 aromatic heterocycles. The van der Waals surface area contributed by atoms with Crippen LogP contribution in [0.2, 0.25) is 0 Å². The lowest BCUT2D eigenvalue weighted by atomic mass is 9.43. The van der Waals surface area contributed by atoms with Crippen LogP contribution in [-0.2, 0) is 28.6 Å². The fourth-order valence-electron chi connectivity index (χ4n) is 10.2. The van der Waals surface area contributed by atoms with Crippen LogP contribution in [0.25, 0.3) is 0 Å². The molecule has 0 bridgehead atoms. The van der Waals surface area contributed by atoms with Crippen LogP contribution in [0.1, 0.15) is 107 Å². The van der Waals surface area contributed by atoms with Crippen molar-refractivity contribution in [2.75, 3.05) is 0 Å². The first-order chi connectivity index (χ1) is 17.7. The molecule has 5 fully saturated rings. The number of carbonyl (C=O) groups is 3. The van der Waals surface area contributed by atoms with Crippen LogP contribution in [0, 0.1) is 52.3 Å². The lowest BCUT2D eigenvalue weighted by Gasteiger charge is -2.60. The van der Waals surface area contributed by atoms with Gasteiger partial charge in [0.2, 0.25) is 0 Å². The van der Waals surface area contributed by atoms with Crippen molar-refractivity contribution in [3.8, 4) is 0 Å². The van der Waals surface area contributed by atoms with Gasteiger partial charge < -0.3 is 14.2 Å². The molecule has 6 heteroatoms. The molecule has 1 spiro atoms. The van der Waals surface area contributed by atoms with E-state index in [9.17, 15) is 14.4 Å². The first kappa shape index (κ1) is 28.1. The molecule has 5 aliphatic rings. The van der Waals surface area contributed by atoms with Gasteiger partial charge >= 0.3 is 11.9 Å². The van der Waals surface area contributed by atoms with Gasteiger partial charge in [-0.1, -0.05) is 47.5 Å². The lowest BCUT2D eigenvalue weighted by Crippen LogP contribution is -2.66. The van der Waals surface area contributed by atoms with Gasteiger partial charge in [-0.15, -0.1) is 0 Å². The first-order valence-corrected chi connectivity index (χ1v) is 15.3. The Morgan fingerprint density at radius 3 is 2.32 bits per heavy atom. The van der Waals surface area contributed by atoms with E-state index in [1.54, 1.807) is 0 Å². The largest absolute Gasteiger partial charge is 0.462 e. The molecule has 1 saturated heterocycles. The summed E-state index contributed by atoms with van der Waals surface area (Å²) in [4.78, 5) is 38.2. The third kappa shape index (κ3) is 4.18. The second-order valence-electron chi connectivity index (χ2n) is 14.6. The molecule has 0 aromatic carbocycles. The van der Waals surface area contributed by atoms with Crippen molar-refractivity contribution in [2.24, 2.45) is 52.3 Å². The number of hydrogen-bond donors (Lipinski definition) is 0. The SMILES string of the molecule is CC(=O)OC1CC(=O)C2(C)C3C(OC(C)=O)CC4(C)C(C(C)CCC(C)C(C)C)CCC4C3CC3OC32C1. The second-order valence-corrected chi connectivity index (χ2v) is 14.6. The molecule has 0 radical (unpaired) electrons. The van der Waals surface area contributed by atoms with Crippen molar-refractivity contribution in [3.05, 3.63) is 0 Å². The Balaban J connectivity index is 1.45. The van der Waals surface area contributed by atoms with Crippen molar-refractivity contribution in [1.82, 2.24) is 0 Å². The number of esters is 2. The highest BCUT2D eigenvalue weighted by Gasteiger charge is 2.80. The zero-order chi connectivity index (χ0) is 27.8. The summed E-state index contributed by atoms with van der Waals surface area (Å²) in [7, 11) is 0. The Bertz CT molecular complexity index is 975. The van der Waals surface area contributed by atoms with E-state index >= 15 is 0 Å². The average molecular weight is 531 g/mol. The number of epoxide rings is 1. The standard InChI is InChI=1S/C32H50O6/c1-17(2)18(3)9-10-19(4)24-11-12-25-23-14-28-32(38-28)15-22(36-20(5)33)13-27(35)31(32,8)29(23)26(37-21(6)34)16-30(24,25)7/h17-19,22-26,28-29H,9-16H2,1-8H3. The van der Waals surface area contributed by atoms with Crippen molar-refractivity contribution < 1.29 is 28.6 Å². The summed E-state index contributed by atoms with van der Waals surface area (Å²) in [5, 5.41) is 0. The zero-order valence-corrected chi connectivity index (χ0v) is 24.9. The molecule has 214 valence electrons. The normalized spacial score (nSPS) is 46.8. The number of fused-ring (bicyclic) bond motifs is 4. The van der Waals surface area contributed by atoms with Gasteiger partial charge in [0.25, 0.3) is 0 Å². The molecule has 1 aliphatic heterocycles. The number of carbonyl (C=O) groups excluding carboxylic acids is 3. The predicted octanol–water partition coefficient (Wildman–Crippen LogP) is 6.14. The van der Waals surface area contributed by atoms with Crippen LogP contribution < -0.4 is 0 Å². The molecule has 0 amide bonds. The summed E-state index contributed by atoms with van der Waals surface area (Å²) < 4.78 is 18.2. The molecular weight excluding hydrogens is 480 g/mol. The van der Waals surface area contributed by atoms with Gasteiger partial charge in [0.1, 0.15) is 23.6 Å². The smallest absolute Gasteiger partial charge is 0.302 e. The van der Waals surface area contributed by atoms with E-state index in [4.69, 9.17) is 14.2 Å². The molecule has 0 aromatic rings. The molecule has 5 rings (SSSR count). The molecular formula is C32H50O6. The van der Waals surface area contributed by atoms with Gasteiger partial charge in [-0.2, -0.15) is 0 Å². The van der Waals surface area contributed by atoms with Crippen LogP contribution in [-0.4, -0.2) is 41.6 Å². The quantitative estimate of drug-likeness (QED) is 0.291. The summed E-state index contributed by atoms with van der Waals surface area (Å²) in [6.07, 6.45) is 6.69. The molecule has 4 aliphatic carbocycles. The number of rotatable bonds is 7. The van der Waals surface area contributed by atoms with Crippen molar-refractivity contribution in [1.29, 1.82) is 0 Å². The topological polar surface area (TPSA) is 82.2 Å². The molecule has 38 heavy (non-hydrogen) atoms. The van der Waals surface area contributed by atoms with Gasteiger partial charge in [-0.25, -0.2) is 0 Å². The lowest BCUT2D eigenvalue weighted by molar-refractivity contribution is -0.196. The van der Waals surface area contributed by atoms with E-state index in [1.807, 2.05) is 0 Å². The monoisotopic (exact) mass is 530 g/mol. The Morgan fingerprint density at radius 2 is 1.68 bits per heavy atom. The molecule has 12 atom stereocenters. The number of ether oxygens (including phenoxy) is 3. The second kappa shape index (κ2) is 9.59. The summed E-state index contributed by atoms with van der Waals surface area (Å²) >= 11 is 0. The summed E-state index contributed by atoms with van der Waals surface area (Å²) in [6, 6.07) is 0. The molecule has 1 heterocycles. The summed E-state index contributed by atoms with van der Waals surface area (Å²) in [6.45, 7) is 16.9. The van der Waals surface area contributed by atoms with Gasteiger partial charge in [0, 0.05) is 32.6 Å². The van der Waals surface area contributed by atoms with E-state index in [-0.39, 0.29) is 47.7 Å². The van der Waals surface area contributed by atoms with E-state index in [2.05, 4.69) is 41.5 Å². The average Bonchev–Trinajstić information content (AvgIpc) is 3.39. The van der Waals surface area contributed by atoms with E-state index in [0.29, 0.717) is 36.0 Å². The maximum absolute atomic E-state index is 14.0. The highest BCUT2D eigenvalue weighted by molar-refractivity contribution is 5.89. The Morgan fingerprint density at radius 1 is 1.00 bits per heavy atom. The summed E-state index contributed by atoms with van der Waals surface area (Å²) in [5.74, 6) is 2.89. The fourth-order valence-corrected chi connectivity index (χ4v) is 10.2. The number of ketones is 1. The number of hydrogen-bond acceptors (Lipinski definition) is 6. The minimum Gasteiger partial charge on any atom is -0.462 e. The maximum atomic E-state index is 14.0. The van der Waals surface area contributed by atoms with Gasteiger partial charge in [-0.3, -0.25) is 14.4 Å². The highest BCUT2D eigenvalue weighted by Crippen LogP contribution is 2.74. The third-order valence-corrected chi connectivity index (χ3v) is 12.4. The van der Waals surface area contributed by atoms with Gasteiger partial charge in [0.15, 0.2) is 0 Å². The highest BCUT2D eigenvalue weighted by atomic mass is 16.6. The van der Waals surface area contributed by atoms with Gasteiger partial charge in [-0.05, 0) is 73.5 Å². The van der Waals surface area contributed by atoms with Crippen LogP contribution in [0.5, 0.6) is 0 Å². The summed E-state index contributed by atoms with van der Waals surface area (Å²) in [5.41, 5.74) is -1.24. The first-order valence-electron chi connectivity index (χ1n) is 15.3. The number of Topliss-reactive ketones (excluding diaryl/α,β-unsaturated/α-hetero) is 1. The van der Waals surface area contributed by atoms with E-state index in [0.717, 1.165) is 18.8 Å². The van der Waals surface area contributed by atoms with Gasteiger partial charge in [0.05, 0.1) is 11.5 Å². The van der Waals surface area contributed by atoms with Crippen LogP contribution >= 0.6 is 0 Å². The van der Waals surface area contributed by atoms with Crippen molar-refractivity contribution in [2.45, 2.75) is 131 Å². The van der Waals surface area contributed by atoms with Crippen molar-refractivity contribution >= 4 is 17.7 Å². The minimum absolute atomic E-state index is 0.0137. The van der Waals surface area contributed by atoms with Crippen LogP contribution in [0.3, 0.4) is 0 Å². The minimum atomic E-state index is -0.727. The Hall–Kier alpha value is -1.43. The predicted molar refractivity (Wildman–Crippen MR) is 144 cm³/mol. The fraction of sp³-hybridized carbons (Fsp3) is 0.906. The van der Waals surface area contributed by atoms with Crippen molar-refractivity contribution in [3.63, 3.8) is 0 Å². The Labute approximate surface area is 229 Å². The molecule has 12 unspecified atom stereocenters. The third-order valence-electron chi connectivity index (χ3n) is 12.4. The molecule has 0 N–H and O–H groups in total. The zero-order valence-electron chi connectivity index (χ0n) is 24.9.